The van der Waals surface area contributed by atoms with Gasteiger partial charge in [-0.2, -0.15) is 0 Å². The highest BCUT2D eigenvalue weighted by Gasteiger charge is 2.16. The molecule has 1 N–H and O–H groups in total. The van der Waals surface area contributed by atoms with Gasteiger partial charge < -0.3 is 14.8 Å². The molecule has 33 heavy (non-hydrogen) atoms. The molecule has 164 valence electrons. The van der Waals surface area contributed by atoms with E-state index in [1.165, 1.54) is 5.56 Å². The van der Waals surface area contributed by atoms with Gasteiger partial charge in [-0.1, -0.05) is 48.5 Å². The van der Waals surface area contributed by atoms with Gasteiger partial charge in [-0.15, -0.1) is 0 Å². The number of anilines is 1. The monoisotopic (exact) mass is 436 g/mol. The largest absolute Gasteiger partial charge is 0.493 e. The van der Waals surface area contributed by atoms with Gasteiger partial charge in [-0.25, -0.2) is 9.97 Å². The molecule has 0 radical (unpaired) electrons. The number of pyridine rings is 1. The Balaban J connectivity index is 1.62. The van der Waals surface area contributed by atoms with Crippen molar-refractivity contribution < 1.29 is 9.47 Å². The third-order valence-electron chi connectivity index (χ3n) is 5.62. The average molecular weight is 437 g/mol. The summed E-state index contributed by atoms with van der Waals surface area (Å²) in [7, 11) is 3.25. The third kappa shape index (κ3) is 4.15. The fraction of sp³-hybridized carbons (Fsp3) is 0.148. The maximum absolute atomic E-state index is 5.53. The molecule has 0 saturated heterocycles. The summed E-state index contributed by atoms with van der Waals surface area (Å²) in [6.45, 7) is 0.734. The molecule has 0 unspecified atom stereocenters. The van der Waals surface area contributed by atoms with Crippen LogP contribution < -0.4 is 14.8 Å². The number of para-hydroxylation sites is 1. The van der Waals surface area contributed by atoms with Crippen LogP contribution in [-0.2, 0) is 6.42 Å². The normalized spacial score (nSPS) is 11.0. The molecule has 3 aromatic carbocycles. The second-order valence-electron chi connectivity index (χ2n) is 7.66. The van der Waals surface area contributed by atoms with Gasteiger partial charge in [0.1, 0.15) is 5.82 Å². The molecule has 0 saturated carbocycles. The first-order valence-corrected chi connectivity index (χ1v) is 10.8. The maximum atomic E-state index is 5.53. The fourth-order valence-electron chi connectivity index (χ4n) is 3.97. The van der Waals surface area contributed by atoms with Crippen LogP contribution in [-0.4, -0.2) is 35.7 Å². The minimum Gasteiger partial charge on any atom is -0.493 e. The number of rotatable bonds is 7. The predicted octanol–water partition coefficient (Wildman–Crippen LogP) is 5.52. The summed E-state index contributed by atoms with van der Waals surface area (Å²) in [4.78, 5) is 14.4. The smallest absolute Gasteiger partial charge is 0.164 e. The Morgan fingerprint density at radius 3 is 2.42 bits per heavy atom. The summed E-state index contributed by atoms with van der Waals surface area (Å²) >= 11 is 0. The van der Waals surface area contributed by atoms with Gasteiger partial charge in [0.25, 0.3) is 0 Å². The molecule has 6 nitrogen and oxygen atoms in total. The predicted molar refractivity (Wildman–Crippen MR) is 132 cm³/mol. The Morgan fingerprint density at radius 1 is 0.818 bits per heavy atom. The van der Waals surface area contributed by atoms with E-state index in [0.29, 0.717) is 17.3 Å². The number of methoxy groups -OCH3 is 2. The molecule has 0 aliphatic carbocycles. The van der Waals surface area contributed by atoms with Crippen molar-refractivity contribution in [1.82, 2.24) is 15.0 Å². The first-order chi connectivity index (χ1) is 16.3. The fourth-order valence-corrected chi connectivity index (χ4v) is 3.97. The van der Waals surface area contributed by atoms with Crippen molar-refractivity contribution in [2.45, 2.75) is 6.42 Å². The highest BCUT2D eigenvalue weighted by molar-refractivity contribution is 5.96. The number of nitrogens with one attached hydrogen (secondary N) is 1. The lowest BCUT2D eigenvalue weighted by molar-refractivity contribution is 0.356. The molecule has 5 aromatic rings. The van der Waals surface area contributed by atoms with Crippen molar-refractivity contribution in [1.29, 1.82) is 0 Å². The molecular weight excluding hydrogens is 412 g/mol. The van der Waals surface area contributed by atoms with Gasteiger partial charge in [0.15, 0.2) is 17.3 Å². The maximum Gasteiger partial charge on any atom is 0.164 e. The van der Waals surface area contributed by atoms with E-state index in [4.69, 9.17) is 19.4 Å². The summed E-state index contributed by atoms with van der Waals surface area (Å²) in [5.74, 6) is 2.63. The summed E-state index contributed by atoms with van der Waals surface area (Å²) in [6.07, 6.45) is 2.67. The van der Waals surface area contributed by atoms with Gasteiger partial charge in [0.05, 0.1) is 25.3 Å². The van der Waals surface area contributed by atoms with Crippen LogP contribution in [0.5, 0.6) is 11.5 Å². The molecule has 0 aliphatic rings. The Morgan fingerprint density at radius 2 is 1.61 bits per heavy atom. The lowest BCUT2D eigenvalue weighted by Gasteiger charge is -2.14. The van der Waals surface area contributed by atoms with Crippen molar-refractivity contribution in [3.63, 3.8) is 0 Å². The van der Waals surface area contributed by atoms with Crippen LogP contribution in [0.15, 0.2) is 79.0 Å². The highest BCUT2D eigenvalue weighted by Crippen LogP contribution is 2.36. The molecule has 0 amide bonds. The summed E-state index contributed by atoms with van der Waals surface area (Å²) < 4.78 is 11.0. The second-order valence-corrected chi connectivity index (χ2v) is 7.66. The molecular formula is C27H24N4O2. The number of fused-ring (bicyclic) bond motifs is 2. The van der Waals surface area contributed by atoms with E-state index in [-0.39, 0.29) is 0 Å². The first kappa shape index (κ1) is 20.7. The molecule has 2 heterocycles. The summed E-state index contributed by atoms with van der Waals surface area (Å²) in [5.41, 5.74) is 3.79. The Kier molecular flexibility index (Phi) is 5.72. The molecule has 5 rings (SSSR count). The van der Waals surface area contributed by atoms with E-state index >= 15 is 0 Å². The van der Waals surface area contributed by atoms with Gasteiger partial charge in [-0.3, -0.25) is 4.98 Å². The number of nitrogens with zero attached hydrogens (tertiary/aromatic N) is 3. The van der Waals surface area contributed by atoms with Crippen LogP contribution in [0.4, 0.5) is 5.82 Å². The zero-order valence-electron chi connectivity index (χ0n) is 18.6. The van der Waals surface area contributed by atoms with E-state index in [1.54, 1.807) is 20.4 Å². The molecule has 0 spiro atoms. The van der Waals surface area contributed by atoms with Crippen molar-refractivity contribution in [3.05, 3.63) is 84.6 Å². The SMILES string of the molecule is COc1cc2nc(-c3cccc4cccnc34)nc(NCCc3ccccc3)c2cc1OC. The minimum atomic E-state index is 0.612. The lowest BCUT2D eigenvalue weighted by atomic mass is 10.1. The van der Waals surface area contributed by atoms with Crippen molar-refractivity contribution >= 4 is 27.6 Å². The third-order valence-corrected chi connectivity index (χ3v) is 5.62. The van der Waals surface area contributed by atoms with Crippen molar-refractivity contribution in [2.75, 3.05) is 26.1 Å². The van der Waals surface area contributed by atoms with Crippen molar-refractivity contribution in [2.24, 2.45) is 0 Å². The van der Waals surface area contributed by atoms with Crippen LogP contribution in [0.25, 0.3) is 33.2 Å². The van der Waals surface area contributed by atoms with Gasteiger partial charge in [0.2, 0.25) is 0 Å². The molecule has 0 aliphatic heterocycles. The Labute approximate surface area is 192 Å². The number of hydrogen-bond donors (Lipinski definition) is 1. The van der Waals surface area contributed by atoms with Crippen LogP contribution in [0.2, 0.25) is 0 Å². The average Bonchev–Trinajstić information content (AvgIpc) is 2.88. The first-order valence-electron chi connectivity index (χ1n) is 10.8. The Bertz CT molecular complexity index is 1420. The van der Waals surface area contributed by atoms with Gasteiger partial charge >= 0.3 is 0 Å². The van der Waals surface area contributed by atoms with E-state index in [9.17, 15) is 0 Å². The highest BCUT2D eigenvalue weighted by atomic mass is 16.5. The van der Waals surface area contributed by atoms with Crippen LogP contribution in [0, 0.1) is 0 Å². The zero-order chi connectivity index (χ0) is 22.6. The molecule has 0 fully saturated rings. The standard InChI is InChI=1S/C27H24N4O2/c1-32-23-16-21-22(17-24(23)33-2)30-27(20-12-6-10-19-11-7-14-28-25(19)20)31-26(21)29-15-13-18-8-4-3-5-9-18/h3-12,14,16-17H,13,15H2,1-2H3,(H,29,30,31). The number of aromatic nitrogens is 3. The zero-order valence-corrected chi connectivity index (χ0v) is 18.6. The van der Waals surface area contributed by atoms with Crippen LogP contribution in [0.3, 0.4) is 0 Å². The van der Waals surface area contributed by atoms with E-state index < -0.39 is 0 Å². The summed E-state index contributed by atoms with van der Waals surface area (Å²) in [6, 6.07) is 24.2. The van der Waals surface area contributed by atoms with Crippen LogP contribution in [0.1, 0.15) is 5.56 Å². The molecule has 0 bridgehead atoms. The number of ether oxygens (including phenoxy) is 2. The molecule has 2 aromatic heterocycles. The van der Waals surface area contributed by atoms with Gasteiger partial charge in [-0.05, 0) is 30.2 Å². The second kappa shape index (κ2) is 9.12. The van der Waals surface area contributed by atoms with Crippen molar-refractivity contribution in [3.8, 4) is 22.9 Å². The molecule has 0 atom stereocenters. The Hall–Kier alpha value is -4.19. The summed E-state index contributed by atoms with van der Waals surface area (Å²) in [5, 5.41) is 5.43. The number of benzene rings is 3. The number of hydrogen-bond acceptors (Lipinski definition) is 6. The quantitative estimate of drug-likeness (QED) is 0.362. The van der Waals surface area contributed by atoms with E-state index in [1.807, 2.05) is 48.5 Å². The topological polar surface area (TPSA) is 69.2 Å². The van der Waals surface area contributed by atoms with Gasteiger partial charge in [0, 0.05) is 35.1 Å². The molecule has 6 heteroatoms. The van der Waals surface area contributed by atoms with Crippen LogP contribution >= 0.6 is 0 Å². The lowest BCUT2D eigenvalue weighted by Crippen LogP contribution is -2.08. The van der Waals surface area contributed by atoms with E-state index in [2.05, 4.69) is 34.6 Å². The minimum absolute atomic E-state index is 0.612. The van der Waals surface area contributed by atoms with E-state index in [0.717, 1.165) is 46.2 Å².